The Morgan fingerprint density at radius 3 is 2.52 bits per heavy atom. The Kier molecular flexibility index (Phi) is 4.86. The number of aryl methyl sites for hydroxylation is 1. The lowest BCUT2D eigenvalue weighted by atomic mass is 9.70. The molecule has 4 N–H and O–H groups in total. The number of allylic oxidation sites excluding steroid dienone is 3. The highest BCUT2D eigenvalue weighted by atomic mass is 16.4. The summed E-state index contributed by atoms with van der Waals surface area (Å²) < 4.78 is 0. The van der Waals surface area contributed by atoms with Gasteiger partial charge >= 0.3 is 5.97 Å². The predicted molar refractivity (Wildman–Crippen MR) is 98.2 cm³/mol. The molecule has 0 unspecified atom stereocenters. The number of aliphatic carboxylic acids is 1. The first-order valence-corrected chi connectivity index (χ1v) is 8.81. The molecule has 1 aliphatic carbocycles. The third kappa shape index (κ3) is 3.56. The van der Waals surface area contributed by atoms with Gasteiger partial charge < -0.3 is 15.9 Å². The number of nitrogen functional groups attached to an aromatic ring is 1. The van der Waals surface area contributed by atoms with E-state index in [1.807, 2.05) is 25.1 Å². The van der Waals surface area contributed by atoms with E-state index in [-0.39, 0.29) is 0 Å². The molecule has 5 heteroatoms. The fraction of sp³-hybridized carbons (Fsp3) is 0.450. The predicted octanol–water partition coefficient (Wildman–Crippen LogP) is 3.41. The van der Waals surface area contributed by atoms with Crippen LogP contribution in [0.5, 0.6) is 0 Å². The van der Waals surface area contributed by atoms with E-state index in [2.05, 4.69) is 11.0 Å². The second-order valence-electron chi connectivity index (χ2n) is 7.20. The van der Waals surface area contributed by atoms with Crippen LogP contribution in [-0.4, -0.2) is 34.2 Å². The van der Waals surface area contributed by atoms with Gasteiger partial charge in [0.05, 0.1) is 11.2 Å². The molecule has 0 saturated carbocycles. The third-order valence-corrected chi connectivity index (χ3v) is 5.61. The molecular weight excluding hydrogens is 316 g/mol. The van der Waals surface area contributed by atoms with E-state index < -0.39 is 11.4 Å². The van der Waals surface area contributed by atoms with E-state index in [0.717, 1.165) is 42.0 Å². The Hall–Kier alpha value is -2.27. The van der Waals surface area contributed by atoms with Crippen molar-refractivity contribution >= 4 is 11.7 Å². The van der Waals surface area contributed by atoms with Crippen LogP contribution in [0.25, 0.3) is 0 Å². The Bertz CT molecular complexity index is 728. The van der Waals surface area contributed by atoms with Gasteiger partial charge in [0, 0.05) is 18.7 Å². The first kappa shape index (κ1) is 17.5. The number of nitrogens with zero attached hydrogens (tertiary/aromatic N) is 1. The van der Waals surface area contributed by atoms with Crippen LogP contribution in [0.4, 0.5) is 5.69 Å². The van der Waals surface area contributed by atoms with Crippen molar-refractivity contribution in [3.8, 4) is 0 Å². The highest BCUT2D eigenvalue weighted by molar-refractivity contribution is 5.79. The van der Waals surface area contributed by atoms with Crippen LogP contribution in [0.15, 0.2) is 41.7 Å². The topological polar surface area (TPSA) is 86.8 Å². The van der Waals surface area contributed by atoms with E-state index in [1.165, 1.54) is 0 Å². The highest BCUT2D eigenvalue weighted by Gasteiger charge is 2.44. The average Bonchev–Trinajstić information content (AvgIpc) is 2.59. The molecule has 1 aliphatic heterocycles. The SMILES string of the molecule is Cc1ccc(CN2CCC(C(=O)O)(C3=CC=C(O)CC3)CC2)cc1N. The molecule has 1 aromatic carbocycles. The summed E-state index contributed by atoms with van der Waals surface area (Å²) in [4.78, 5) is 14.3. The summed E-state index contributed by atoms with van der Waals surface area (Å²) in [6.07, 6.45) is 5.82. The monoisotopic (exact) mass is 342 g/mol. The average molecular weight is 342 g/mol. The van der Waals surface area contributed by atoms with Gasteiger partial charge in [0.15, 0.2) is 0 Å². The smallest absolute Gasteiger partial charge is 0.313 e. The lowest BCUT2D eigenvalue weighted by molar-refractivity contribution is -0.149. The molecule has 0 bridgehead atoms. The zero-order valence-electron chi connectivity index (χ0n) is 14.7. The molecule has 25 heavy (non-hydrogen) atoms. The molecule has 2 aliphatic rings. The first-order valence-electron chi connectivity index (χ1n) is 8.81. The van der Waals surface area contributed by atoms with Crippen LogP contribution in [0.1, 0.15) is 36.8 Å². The van der Waals surface area contributed by atoms with Crippen molar-refractivity contribution in [2.45, 2.75) is 39.2 Å². The number of likely N-dealkylation sites (tertiary alicyclic amines) is 1. The normalized spacial score (nSPS) is 20.7. The molecule has 1 aromatic rings. The number of aliphatic hydroxyl groups is 1. The zero-order chi connectivity index (χ0) is 18.0. The Balaban J connectivity index is 1.70. The van der Waals surface area contributed by atoms with Gasteiger partial charge in [0.1, 0.15) is 0 Å². The van der Waals surface area contributed by atoms with E-state index in [4.69, 9.17) is 5.73 Å². The third-order valence-electron chi connectivity index (χ3n) is 5.61. The van der Waals surface area contributed by atoms with Crippen LogP contribution in [-0.2, 0) is 11.3 Å². The van der Waals surface area contributed by atoms with Crippen molar-refractivity contribution in [2.24, 2.45) is 5.41 Å². The Morgan fingerprint density at radius 2 is 1.96 bits per heavy atom. The number of nitrogens with two attached hydrogens (primary N) is 1. The quantitative estimate of drug-likeness (QED) is 0.730. The molecular formula is C20H26N2O3. The molecule has 134 valence electrons. The summed E-state index contributed by atoms with van der Waals surface area (Å²) in [5.74, 6) is -0.411. The fourth-order valence-corrected chi connectivity index (χ4v) is 3.84. The molecule has 1 heterocycles. The van der Waals surface area contributed by atoms with Gasteiger partial charge in [-0.15, -0.1) is 0 Å². The Labute approximate surface area is 148 Å². The number of piperidine rings is 1. The molecule has 0 aromatic heterocycles. The minimum Gasteiger partial charge on any atom is -0.512 e. The summed E-state index contributed by atoms with van der Waals surface area (Å²) in [6.45, 7) is 4.27. The van der Waals surface area contributed by atoms with Crippen LogP contribution >= 0.6 is 0 Å². The van der Waals surface area contributed by atoms with Crippen molar-refractivity contribution in [2.75, 3.05) is 18.8 Å². The lowest BCUT2D eigenvalue weighted by Gasteiger charge is -2.41. The number of anilines is 1. The van der Waals surface area contributed by atoms with Gasteiger partial charge in [-0.25, -0.2) is 0 Å². The number of hydrogen-bond acceptors (Lipinski definition) is 4. The van der Waals surface area contributed by atoms with Crippen LogP contribution in [0.3, 0.4) is 0 Å². The summed E-state index contributed by atoms with van der Waals surface area (Å²) >= 11 is 0. The van der Waals surface area contributed by atoms with Crippen molar-refractivity contribution in [1.29, 1.82) is 0 Å². The second kappa shape index (κ2) is 6.92. The van der Waals surface area contributed by atoms with Crippen LogP contribution in [0, 0.1) is 12.3 Å². The van der Waals surface area contributed by atoms with Gasteiger partial charge in [0.25, 0.3) is 0 Å². The maximum absolute atomic E-state index is 12.0. The van der Waals surface area contributed by atoms with Gasteiger partial charge in [0.2, 0.25) is 0 Å². The minimum atomic E-state index is -0.792. The minimum absolute atomic E-state index is 0.332. The first-order chi connectivity index (χ1) is 11.9. The lowest BCUT2D eigenvalue weighted by Crippen LogP contribution is -2.45. The summed E-state index contributed by atoms with van der Waals surface area (Å²) in [5.41, 5.74) is 9.18. The zero-order valence-corrected chi connectivity index (χ0v) is 14.7. The van der Waals surface area contributed by atoms with Gasteiger partial charge in [-0.1, -0.05) is 23.8 Å². The summed E-state index contributed by atoms with van der Waals surface area (Å²) in [7, 11) is 0. The second-order valence-corrected chi connectivity index (χ2v) is 7.20. The van der Waals surface area contributed by atoms with Crippen LogP contribution in [0.2, 0.25) is 0 Å². The number of carboxylic acid groups (broad SMARTS) is 1. The number of carbonyl (C=O) groups is 1. The maximum Gasteiger partial charge on any atom is 0.313 e. The van der Waals surface area contributed by atoms with E-state index in [1.54, 1.807) is 6.08 Å². The van der Waals surface area contributed by atoms with E-state index in [0.29, 0.717) is 31.4 Å². The fourth-order valence-electron chi connectivity index (χ4n) is 3.84. The van der Waals surface area contributed by atoms with Crippen LogP contribution < -0.4 is 5.73 Å². The molecule has 5 nitrogen and oxygen atoms in total. The highest BCUT2D eigenvalue weighted by Crippen LogP contribution is 2.43. The molecule has 0 amide bonds. The maximum atomic E-state index is 12.0. The number of benzene rings is 1. The van der Waals surface area contributed by atoms with Crippen molar-refractivity contribution in [1.82, 2.24) is 4.90 Å². The van der Waals surface area contributed by atoms with E-state index in [9.17, 15) is 15.0 Å². The molecule has 3 rings (SSSR count). The van der Waals surface area contributed by atoms with Gasteiger partial charge in [-0.2, -0.15) is 0 Å². The number of rotatable bonds is 4. The molecule has 0 radical (unpaired) electrons. The van der Waals surface area contributed by atoms with Crippen molar-refractivity contribution < 1.29 is 15.0 Å². The van der Waals surface area contributed by atoms with Gasteiger partial charge in [-0.05, 0) is 62.5 Å². The molecule has 1 fully saturated rings. The number of hydrogen-bond donors (Lipinski definition) is 3. The Morgan fingerprint density at radius 1 is 1.24 bits per heavy atom. The number of carboxylic acids is 1. The molecule has 1 saturated heterocycles. The summed E-state index contributed by atoms with van der Waals surface area (Å²) in [5, 5.41) is 19.4. The van der Waals surface area contributed by atoms with Gasteiger partial charge in [-0.3, -0.25) is 9.69 Å². The van der Waals surface area contributed by atoms with E-state index >= 15 is 0 Å². The summed E-state index contributed by atoms with van der Waals surface area (Å²) in [6, 6.07) is 6.12. The standard InChI is InChI=1S/C20H26N2O3/c1-14-2-3-15(12-18(14)21)13-22-10-8-20(9-11-22,19(24)25)16-4-6-17(23)7-5-16/h2-4,6,12,23H,5,7-11,13,21H2,1H3,(H,24,25). The molecule has 0 spiro atoms. The largest absolute Gasteiger partial charge is 0.512 e. The van der Waals surface area contributed by atoms with Crippen molar-refractivity contribution in [3.05, 3.63) is 52.8 Å². The van der Waals surface area contributed by atoms with Crippen molar-refractivity contribution in [3.63, 3.8) is 0 Å². The number of aliphatic hydroxyl groups excluding tert-OH is 1. The molecule has 0 atom stereocenters.